The highest BCUT2D eigenvalue weighted by Gasteiger charge is 2.30. The van der Waals surface area contributed by atoms with Crippen molar-refractivity contribution in [2.45, 2.75) is 63.4 Å². The van der Waals surface area contributed by atoms with E-state index >= 15 is 0 Å². The number of aromatic nitrogens is 2. The number of pyridine rings is 1. The van der Waals surface area contributed by atoms with E-state index in [1.54, 1.807) is 24.4 Å². The van der Waals surface area contributed by atoms with Crippen LogP contribution in [0.5, 0.6) is 0 Å². The van der Waals surface area contributed by atoms with Gasteiger partial charge in [0.2, 0.25) is 10.0 Å². The fraction of sp³-hybridized carbons (Fsp3) is 0.455. The van der Waals surface area contributed by atoms with Crippen molar-refractivity contribution in [1.29, 1.82) is 0 Å². The highest BCUT2D eigenvalue weighted by Crippen LogP contribution is 2.33. The van der Waals surface area contributed by atoms with Crippen molar-refractivity contribution in [3.05, 3.63) is 41.9 Å². The van der Waals surface area contributed by atoms with E-state index in [1.165, 1.54) is 0 Å². The van der Waals surface area contributed by atoms with Crippen LogP contribution in [0, 0.1) is 13.8 Å². The molecule has 0 bridgehead atoms. The zero-order valence-corrected chi connectivity index (χ0v) is 18.4. The third-order valence-corrected chi connectivity index (χ3v) is 7.36. The second-order valence-electron chi connectivity index (χ2n) is 7.92. The van der Waals surface area contributed by atoms with Gasteiger partial charge in [-0.1, -0.05) is 24.9 Å². The van der Waals surface area contributed by atoms with Gasteiger partial charge in [0, 0.05) is 29.2 Å². The van der Waals surface area contributed by atoms with Gasteiger partial charge in [0.1, 0.15) is 5.76 Å². The predicted octanol–water partition coefficient (Wildman–Crippen LogP) is 3.71. The molecule has 160 valence electrons. The van der Waals surface area contributed by atoms with Crippen LogP contribution in [0.25, 0.3) is 22.0 Å². The van der Waals surface area contributed by atoms with E-state index in [4.69, 9.17) is 4.52 Å². The predicted molar refractivity (Wildman–Crippen MR) is 117 cm³/mol. The monoisotopic (exact) mass is 428 g/mol. The third-order valence-electron chi connectivity index (χ3n) is 5.83. The maximum atomic E-state index is 13.6. The summed E-state index contributed by atoms with van der Waals surface area (Å²) >= 11 is 0. The molecule has 3 aromatic rings. The van der Waals surface area contributed by atoms with Crippen LogP contribution < -0.4 is 10.0 Å². The van der Waals surface area contributed by atoms with E-state index in [0.717, 1.165) is 49.0 Å². The van der Waals surface area contributed by atoms with Gasteiger partial charge in [0.15, 0.2) is 0 Å². The fourth-order valence-electron chi connectivity index (χ4n) is 4.45. The molecule has 1 unspecified atom stereocenters. The van der Waals surface area contributed by atoms with Crippen molar-refractivity contribution in [3.8, 4) is 11.1 Å². The maximum absolute atomic E-state index is 13.6. The number of aryl methyl sites for hydroxylation is 2. The van der Waals surface area contributed by atoms with Crippen LogP contribution in [0.2, 0.25) is 0 Å². The summed E-state index contributed by atoms with van der Waals surface area (Å²) in [6, 6.07) is 7.19. The van der Waals surface area contributed by atoms with E-state index in [-0.39, 0.29) is 17.0 Å². The molecule has 1 aliphatic rings. The first-order chi connectivity index (χ1) is 14.4. The summed E-state index contributed by atoms with van der Waals surface area (Å²) in [5.74, 6) is 0.651. The van der Waals surface area contributed by atoms with Crippen LogP contribution >= 0.6 is 0 Å². The molecule has 30 heavy (non-hydrogen) atoms. The van der Waals surface area contributed by atoms with Gasteiger partial charge >= 0.3 is 0 Å². The Hall–Kier alpha value is -2.29. The average molecular weight is 429 g/mol. The van der Waals surface area contributed by atoms with Gasteiger partial charge in [0.05, 0.1) is 16.1 Å². The molecule has 8 heteroatoms. The Morgan fingerprint density at radius 2 is 1.93 bits per heavy atom. The smallest absolute Gasteiger partial charge is 0.241 e. The number of likely N-dealkylation sites (N-methyl/N-ethyl adjacent to an activating group) is 1. The van der Waals surface area contributed by atoms with E-state index in [1.807, 2.05) is 26.8 Å². The molecule has 1 aliphatic carbocycles. The van der Waals surface area contributed by atoms with Gasteiger partial charge in [-0.05, 0) is 63.1 Å². The standard InChI is InChI=1S/C22H28N4O3S/c1-4-23-18-9-5-6-10-19(18)26-30(27,28)21-13-16(22-14(2)25-29-15(22)3)12-20-17(21)8-7-11-24-20/h7-8,11-13,18-19,23,26H,4-6,9-10H2,1-3H3/t18?,19-/m1/s1. The summed E-state index contributed by atoms with van der Waals surface area (Å²) in [5.41, 5.74) is 2.90. The van der Waals surface area contributed by atoms with Crippen molar-refractivity contribution in [2.75, 3.05) is 6.54 Å². The molecule has 2 N–H and O–H groups in total. The first-order valence-corrected chi connectivity index (χ1v) is 12.0. The van der Waals surface area contributed by atoms with Gasteiger partial charge < -0.3 is 9.84 Å². The highest BCUT2D eigenvalue weighted by atomic mass is 32.2. The van der Waals surface area contributed by atoms with E-state index < -0.39 is 10.0 Å². The Bertz CT molecular complexity index is 1130. The minimum atomic E-state index is -3.76. The normalized spacial score (nSPS) is 20.0. The molecule has 0 aliphatic heterocycles. The molecular formula is C22H28N4O3S. The number of benzene rings is 1. The summed E-state index contributed by atoms with van der Waals surface area (Å²) in [6.07, 6.45) is 5.62. The van der Waals surface area contributed by atoms with Crippen LogP contribution in [0.3, 0.4) is 0 Å². The molecule has 4 rings (SSSR count). The summed E-state index contributed by atoms with van der Waals surface area (Å²) in [5, 5.41) is 8.06. The van der Waals surface area contributed by atoms with Crippen molar-refractivity contribution in [3.63, 3.8) is 0 Å². The van der Waals surface area contributed by atoms with Gasteiger partial charge in [0.25, 0.3) is 0 Å². The van der Waals surface area contributed by atoms with Crippen LogP contribution in [0.1, 0.15) is 44.1 Å². The van der Waals surface area contributed by atoms with E-state index in [2.05, 4.69) is 20.2 Å². The molecular weight excluding hydrogens is 400 g/mol. The Morgan fingerprint density at radius 3 is 2.63 bits per heavy atom. The maximum Gasteiger partial charge on any atom is 0.241 e. The molecule has 0 saturated heterocycles. The lowest BCUT2D eigenvalue weighted by molar-refractivity contribution is 0.314. The highest BCUT2D eigenvalue weighted by molar-refractivity contribution is 7.89. The largest absolute Gasteiger partial charge is 0.361 e. The Kier molecular flexibility index (Phi) is 5.90. The molecule has 1 fully saturated rings. The van der Waals surface area contributed by atoms with Gasteiger partial charge in [-0.2, -0.15) is 0 Å². The minimum absolute atomic E-state index is 0.127. The number of nitrogens with zero attached hydrogens (tertiary/aromatic N) is 2. The van der Waals surface area contributed by atoms with Gasteiger partial charge in [-0.3, -0.25) is 4.98 Å². The fourth-order valence-corrected chi connectivity index (χ4v) is 6.00. The molecule has 2 atom stereocenters. The zero-order chi connectivity index (χ0) is 21.3. The first kappa shape index (κ1) is 21.0. The number of hydrogen-bond acceptors (Lipinski definition) is 6. The summed E-state index contributed by atoms with van der Waals surface area (Å²) < 4.78 is 35.4. The SMILES string of the molecule is CCNC1CCCC[C@H]1NS(=O)(=O)c1cc(-c2c(C)noc2C)cc2ncccc12. The lowest BCUT2D eigenvalue weighted by Gasteiger charge is -2.32. The Balaban J connectivity index is 1.80. The van der Waals surface area contributed by atoms with E-state index in [9.17, 15) is 8.42 Å². The Morgan fingerprint density at radius 1 is 1.17 bits per heavy atom. The molecule has 2 heterocycles. The zero-order valence-electron chi connectivity index (χ0n) is 17.6. The number of rotatable bonds is 6. The molecule has 0 spiro atoms. The number of fused-ring (bicyclic) bond motifs is 1. The van der Waals surface area contributed by atoms with E-state index in [0.29, 0.717) is 16.7 Å². The summed E-state index contributed by atoms with van der Waals surface area (Å²) in [6.45, 7) is 6.54. The van der Waals surface area contributed by atoms with Crippen molar-refractivity contribution < 1.29 is 12.9 Å². The first-order valence-electron chi connectivity index (χ1n) is 10.5. The molecule has 1 saturated carbocycles. The Labute approximate surface area is 177 Å². The molecule has 2 aromatic heterocycles. The van der Waals surface area contributed by atoms with Crippen LogP contribution in [0.4, 0.5) is 0 Å². The van der Waals surface area contributed by atoms with Gasteiger partial charge in [-0.15, -0.1) is 0 Å². The summed E-state index contributed by atoms with van der Waals surface area (Å²) in [7, 11) is -3.76. The molecule has 0 amide bonds. The van der Waals surface area contributed by atoms with Crippen molar-refractivity contribution >= 4 is 20.9 Å². The quantitative estimate of drug-likeness (QED) is 0.621. The number of nitrogens with one attached hydrogen (secondary N) is 2. The third kappa shape index (κ3) is 3.99. The van der Waals surface area contributed by atoms with Crippen LogP contribution in [-0.2, 0) is 10.0 Å². The van der Waals surface area contributed by atoms with Crippen LogP contribution in [-0.4, -0.2) is 37.2 Å². The lowest BCUT2D eigenvalue weighted by Crippen LogP contribution is -2.51. The van der Waals surface area contributed by atoms with Crippen molar-refractivity contribution in [1.82, 2.24) is 20.2 Å². The summed E-state index contributed by atoms with van der Waals surface area (Å²) in [4.78, 5) is 4.66. The minimum Gasteiger partial charge on any atom is -0.361 e. The average Bonchev–Trinajstić information content (AvgIpc) is 3.06. The number of sulfonamides is 1. The molecule has 7 nitrogen and oxygen atoms in total. The molecule has 1 aromatic carbocycles. The second kappa shape index (κ2) is 8.45. The second-order valence-corrected chi connectivity index (χ2v) is 9.60. The van der Waals surface area contributed by atoms with Crippen molar-refractivity contribution in [2.24, 2.45) is 0 Å². The van der Waals surface area contributed by atoms with Gasteiger partial charge in [-0.25, -0.2) is 13.1 Å². The molecule has 0 radical (unpaired) electrons. The lowest BCUT2D eigenvalue weighted by atomic mass is 9.91. The number of hydrogen-bond donors (Lipinski definition) is 2. The topological polar surface area (TPSA) is 97.1 Å². The van der Waals surface area contributed by atoms with Crippen LogP contribution in [0.15, 0.2) is 39.9 Å².